The van der Waals surface area contributed by atoms with Crippen molar-refractivity contribution in [2.45, 2.75) is 52.4 Å². The highest BCUT2D eigenvalue weighted by Gasteiger charge is 2.18. The van der Waals surface area contributed by atoms with Gasteiger partial charge in [-0.25, -0.2) is 4.98 Å². The summed E-state index contributed by atoms with van der Waals surface area (Å²) in [7, 11) is 4.12. The van der Waals surface area contributed by atoms with Gasteiger partial charge in [0.2, 0.25) is 0 Å². The number of hydrogen-bond donors (Lipinski definition) is 3. The van der Waals surface area contributed by atoms with Gasteiger partial charge in [-0.05, 0) is 76.5 Å². The number of aliphatic hydroxyl groups is 1. The van der Waals surface area contributed by atoms with E-state index in [-0.39, 0.29) is 12.1 Å². The lowest BCUT2D eigenvalue weighted by Crippen LogP contribution is -2.31. The molecule has 2 aromatic heterocycles. The van der Waals surface area contributed by atoms with E-state index in [9.17, 15) is 9.90 Å². The fourth-order valence-corrected chi connectivity index (χ4v) is 4.69. The quantitative estimate of drug-likeness (QED) is 0.429. The molecule has 0 spiro atoms. The van der Waals surface area contributed by atoms with Crippen LogP contribution >= 0.6 is 0 Å². The summed E-state index contributed by atoms with van der Waals surface area (Å²) in [5.74, 6) is 0.889. The number of H-pyrrole nitrogens is 1. The van der Waals surface area contributed by atoms with Crippen LogP contribution in [-0.2, 0) is 13.1 Å². The van der Waals surface area contributed by atoms with Crippen molar-refractivity contribution in [1.29, 1.82) is 0 Å². The zero-order valence-electron chi connectivity index (χ0n) is 21.3. The summed E-state index contributed by atoms with van der Waals surface area (Å²) >= 11 is 0. The first-order valence-corrected chi connectivity index (χ1v) is 12.4. The van der Waals surface area contributed by atoms with E-state index in [2.05, 4.69) is 58.5 Å². The van der Waals surface area contributed by atoms with Crippen LogP contribution in [0.25, 0.3) is 11.3 Å². The fraction of sp³-hybridized carbons (Fsp3) is 0.429. The largest absolute Gasteiger partial charge is 0.374 e. The molecule has 1 aliphatic rings. The van der Waals surface area contributed by atoms with Gasteiger partial charge in [0.05, 0.1) is 5.69 Å². The van der Waals surface area contributed by atoms with Crippen LogP contribution in [0, 0.1) is 13.8 Å². The summed E-state index contributed by atoms with van der Waals surface area (Å²) in [5, 5.41) is 14.2. The molecule has 186 valence electrons. The van der Waals surface area contributed by atoms with Crippen molar-refractivity contribution in [3.8, 4) is 11.3 Å². The molecule has 3 aromatic rings. The van der Waals surface area contributed by atoms with E-state index >= 15 is 0 Å². The molecule has 3 N–H and O–H groups in total. The van der Waals surface area contributed by atoms with Crippen LogP contribution in [0.2, 0.25) is 0 Å². The lowest BCUT2D eigenvalue weighted by molar-refractivity contribution is 0.137. The molecule has 1 atom stereocenters. The standard InChI is InChI=1S/C28H37N5O2/c1-19-14-20(2)30-28(35)24(19)17-29-27(34)23-15-25(22-10-8-21(9-11-22)18-32(3)4)31-26(16-23)33-12-6-5-7-13-33/h8-11,14-16,27,29,34H,5-7,12-13,17-18H2,1-4H3,(H,30,35). The van der Waals surface area contributed by atoms with E-state index in [4.69, 9.17) is 4.98 Å². The van der Waals surface area contributed by atoms with Gasteiger partial charge in [-0.15, -0.1) is 0 Å². The Bertz CT molecular complexity index is 1200. The van der Waals surface area contributed by atoms with Gasteiger partial charge in [0.1, 0.15) is 12.0 Å². The molecule has 0 radical (unpaired) electrons. The molecule has 1 fully saturated rings. The molecule has 1 saturated heterocycles. The molecule has 3 heterocycles. The molecule has 0 saturated carbocycles. The Hall–Kier alpha value is -3.00. The molecule has 0 aliphatic carbocycles. The van der Waals surface area contributed by atoms with Crippen molar-refractivity contribution in [3.63, 3.8) is 0 Å². The molecule has 1 aliphatic heterocycles. The number of rotatable bonds is 8. The Morgan fingerprint density at radius 1 is 1.09 bits per heavy atom. The summed E-state index contributed by atoms with van der Waals surface area (Å²) in [5.41, 5.74) is 6.10. The number of benzene rings is 1. The maximum Gasteiger partial charge on any atom is 0.252 e. The molecule has 0 amide bonds. The number of aliphatic hydroxyl groups excluding tert-OH is 1. The van der Waals surface area contributed by atoms with Gasteiger partial charge in [-0.3, -0.25) is 10.1 Å². The average Bonchev–Trinajstić information content (AvgIpc) is 2.83. The van der Waals surface area contributed by atoms with Gasteiger partial charge < -0.3 is 19.9 Å². The first-order valence-electron chi connectivity index (χ1n) is 12.4. The van der Waals surface area contributed by atoms with Crippen molar-refractivity contribution in [3.05, 3.63) is 80.8 Å². The maximum atomic E-state index is 12.4. The minimum atomic E-state index is -0.923. The second-order valence-corrected chi connectivity index (χ2v) is 9.85. The minimum Gasteiger partial charge on any atom is -0.374 e. The van der Waals surface area contributed by atoms with E-state index in [1.807, 2.05) is 32.0 Å². The van der Waals surface area contributed by atoms with Crippen LogP contribution in [0.4, 0.5) is 5.82 Å². The van der Waals surface area contributed by atoms with Crippen LogP contribution in [0.5, 0.6) is 0 Å². The molecule has 7 nitrogen and oxygen atoms in total. The van der Waals surface area contributed by atoms with E-state index in [0.29, 0.717) is 5.56 Å². The molecule has 0 bridgehead atoms. The van der Waals surface area contributed by atoms with Crippen LogP contribution in [0.3, 0.4) is 0 Å². The fourth-order valence-electron chi connectivity index (χ4n) is 4.69. The Kier molecular flexibility index (Phi) is 8.00. The van der Waals surface area contributed by atoms with Gasteiger partial charge in [0, 0.05) is 48.6 Å². The Balaban J connectivity index is 1.62. The lowest BCUT2D eigenvalue weighted by Gasteiger charge is -2.29. The zero-order chi connectivity index (χ0) is 24.9. The number of piperidine rings is 1. The first-order chi connectivity index (χ1) is 16.8. The highest BCUT2D eigenvalue weighted by Crippen LogP contribution is 2.28. The average molecular weight is 476 g/mol. The molecule has 1 unspecified atom stereocenters. The van der Waals surface area contributed by atoms with E-state index in [1.54, 1.807) is 0 Å². The zero-order valence-corrected chi connectivity index (χ0v) is 21.3. The second kappa shape index (κ2) is 11.2. The number of nitrogens with zero attached hydrogens (tertiary/aromatic N) is 3. The van der Waals surface area contributed by atoms with Gasteiger partial charge in [0.25, 0.3) is 5.56 Å². The number of anilines is 1. The maximum absolute atomic E-state index is 12.4. The van der Waals surface area contributed by atoms with Crippen LogP contribution in [0.15, 0.2) is 47.3 Å². The third kappa shape index (κ3) is 6.36. The van der Waals surface area contributed by atoms with Crippen molar-refractivity contribution < 1.29 is 5.11 Å². The first kappa shape index (κ1) is 25.1. The minimum absolute atomic E-state index is 0.121. The molecular weight excluding hydrogens is 438 g/mol. The third-order valence-electron chi connectivity index (χ3n) is 6.54. The Labute approximate surface area is 207 Å². The van der Waals surface area contributed by atoms with E-state index in [1.165, 1.54) is 12.0 Å². The predicted octanol–water partition coefficient (Wildman–Crippen LogP) is 3.89. The third-order valence-corrected chi connectivity index (χ3v) is 6.54. The van der Waals surface area contributed by atoms with Crippen molar-refractivity contribution in [2.24, 2.45) is 0 Å². The Morgan fingerprint density at radius 2 is 1.80 bits per heavy atom. The second-order valence-electron chi connectivity index (χ2n) is 9.85. The predicted molar refractivity (Wildman–Crippen MR) is 141 cm³/mol. The van der Waals surface area contributed by atoms with E-state index in [0.717, 1.165) is 66.4 Å². The van der Waals surface area contributed by atoms with Gasteiger partial charge in [-0.2, -0.15) is 0 Å². The lowest BCUT2D eigenvalue weighted by atomic mass is 10.0. The number of nitrogens with one attached hydrogen (secondary N) is 2. The highest BCUT2D eigenvalue weighted by molar-refractivity contribution is 5.63. The van der Waals surface area contributed by atoms with Crippen LogP contribution in [-0.4, -0.2) is 47.2 Å². The van der Waals surface area contributed by atoms with Crippen LogP contribution < -0.4 is 15.8 Å². The molecule has 35 heavy (non-hydrogen) atoms. The number of aromatic nitrogens is 2. The summed E-state index contributed by atoms with van der Waals surface area (Å²) < 4.78 is 0. The number of aryl methyl sites for hydroxylation is 2. The molecule has 1 aromatic carbocycles. The Morgan fingerprint density at radius 3 is 2.46 bits per heavy atom. The SMILES string of the molecule is Cc1cc(C)c(CNC(O)c2cc(-c3ccc(CN(C)C)cc3)nc(N3CCCCC3)c2)c(=O)[nH]1. The topological polar surface area (TPSA) is 84.5 Å². The van der Waals surface area contributed by atoms with Crippen LogP contribution in [0.1, 0.15) is 53.4 Å². The van der Waals surface area contributed by atoms with Crippen molar-refractivity contribution in [2.75, 3.05) is 32.1 Å². The number of aromatic amines is 1. The summed E-state index contributed by atoms with van der Waals surface area (Å²) in [6, 6.07) is 14.3. The number of hydrogen-bond acceptors (Lipinski definition) is 6. The normalized spacial score (nSPS) is 15.0. The number of pyridine rings is 2. The van der Waals surface area contributed by atoms with Gasteiger partial charge >= 0.3 is 0 Å². The van der Waals surface area contributed by atoms with E-state index < -0.39 is 6.23 Å². The molecule has 7 heteroatoms. The summed E-state index contributed by atoms with van der Waals surface area (Å²) in [6.07, 6.45) is 2.62. The molecule has 4 rings (SSSR count). The monoisotopic (exact) mass is 475 g/mol. The smallest absolute Gasteiger partial charge is 0.252 e. The molecular formula is C28H37N5O2. The summed E-state index contributed by atoms with van der Waals surface area (Å²) in [6.45, 7) is 6.89. The van der Waals surface area contributed by atoms with Crippen molar-refractivity contribution in [1.82, 2.24) is 20.2 Å². The summed E-state index contributed by atoms with van der Waals surface area (Å²) in [4.78, 5) is 24.7. The van der Waals surface area contributed by atoms with Gasteiger partial charge in [-0.1, -0.05) is 24.3 Å². The van der Waals surface area contributed by atoms with Gasteiger partial charge in [0.15, 0.2) is 0 Å². The van der Waals surface area contributed by atoms with Crippen molar-refractivity contribution >= 4 is 5.82 Å². The highest BCUT2D eigenvalue weighted by atomic mass is 16.3.